The van der Waals surface area contributed by atoms with Crippen molar-refractivity contribution in [2.45, 2.75) is 23.1 Å². The first-order chi connectivity index (χ1) is 10.8. The van der Waals surface area contributed by atoms with Crippen LogP contribution in [0.5, 0.6) is 5.75 Å². The molecule has 0 unspecified atom stereocenters. The molecule has 6 nitrogen and oxygen atoms in total. The summed E-state index contributed by atoms with van der Waals surface area (Å²) in [7, 11) is -2.70. The summed E-state index contributed by atoms with van der Waals surface area (Å²) in [4.78, 5) is -0.286. The molecule has 2 rings (SSSR count). The summed E-state index contributed by atoms with van der Waals surface area (Å²) in [6.45, 7) is 4.15. The van der Waals surface area contributed by atoms with Gasteiger partial charge in [0.25, 0.3) is 10.0 Å². The number of nitrogens with zero attached hydrogens (tertiary/aromatic N) is 2. The van der Waals surface area contributed by atoms with Crippen LogP contribution in [0.25, 0.3) is 0 Å². The van der Waals surface area contributed by atoms with E-state index in [9.17, 15) is 12.8 Å². The Hall–Kier alpha value is -1.39. The first kappa shape index (κ1) is 18.0. The van der Waals surface area contributed by atoms with E-state index >= 15 is 0 Å². The maximum atomic E-state index is 13.4. The van der Waals surface area contributed by atoms with Crippen molar-refractivity contribution in [3.8, 4) is 5.75 Å². The molecule has 1 heterocycles. The number of hydrogen-bond acceptors (Lipinski definition) is 7. The second-order valence-electron chi connectivity index (χ2n) is 4.98. The highest BCUT2D eigenvalue weighted by molar-refractivity contribution is 8.01. The van der Waals surface area contributed by atoms with Gasteiger partial charge in [0.15, 0.2) is 4.34 Å². The lowest BCUT2D eigenvalue weighted by atomic mass is 10.3. The van der Waals surface area contributed by atoms with Crippen LogP contribution in [-0.4, -0.2) is 31.5 Å². The predicted octanol–water partition coefficient (Wildman–Crippen LogP) is 3.23. The van der Waals surface area contributed by atoms with Crippen LogP contribution in [0.15, 0.2) is 27.4 Å². The lowest BCUT2D eigenvalue weighted by molar-refractivity contribution is 0.401. The van der Waals surface area contributed by atoms with Gasteiger partial charge in [-0.25, -0.2) is 12.8 Å². The third-order valence-corrected chi connectivity index (χ3v) is 6.47. The summed E-state index contributed by atoms with van der Waals surface area (Å²) >= 11 is 2.64. The number of sulfonamides is 1. The molecule has 0 atom stereocenters. The SMILES string of the molecule is COc1ccc(F)cc1S(=O)(=O)Nc1nnc(SCC(C)C)s1. The number of benzene rings is 1. The van der Waals surface area contributed by atoms with E-state index in [0.29, 0.717) is 10.3 Å². The van der Waals surface area contributed by atoms with Gasteiger partial charge >= 0.3 is 0 Å². The summed E-state index contributed by atoms with van der Waals surface area (Å²) in [6.07, 6.45) is 0. The van der Waals surface area contributed by atoms with Gasteiger partial charge in [0, 0.05) is 5.75 Å². The Morgan fingerprint density at radius 3 is 2.78 bits per heavy atom. The maximum absolute atomic E-state index is 13.4. The molecule has 1 aromatic carbocycles. The summed E-state index contributed by atoms with van der Waals surface area (Å²) in [6, 6.07) is 3.29. The van der Waals surface area contributed by atoms with Crippen LogP contribution in [0, 0.1) is 11.7 Å². The molecule has 126 valence electrons. The van der Waals surface area contributed by atoms with Crippen molar-refractivity contribution >= 4 is 38.3 Å². The average molecular weight is 377 g/mol. The number of rotatable bonds is 7. The highest BCUT2D eigenvalue weighted by Crippen LogP contribution is 2.30. The molecule has 0 saturated carbocycles. The lowest BCUT2D eigenvalue weighted by Crippen LogP contribution is -2.14. The van der Waals surface area contributed by atoms with E-state index in [4.69, 9.17) is 4.74 Å². The van der Waals surface area contributed by atoms with Gasteiger partial charge in [-0.1, -0.05) is 36.9 Å². The number of anilines is 1. The van der Waals surface area contributed by atoms with Crippen LogP contribution in [0.4, 0.5) is 9.52 Å². The molecule has 0 radical (unpaired) electrons. The van der Waals surface area contributed by atoms with E-state index in [1.54, 1.807) is 0 Å². The number of aromatic nitrogens is 2. The zero-order valence-corrected chi connectivity index (χ0v) is 15.2. The van der Waals surface area contributed by atoms with E-state index in [0.717, 1.165) is 29.2 Å². The summed E-state index contributed by atoms with van der Waals surface area (Å²) < 4.78 is 46.1. The summed E-state index contributed by atoms with van der Waals surface area (Å²) in [5.41, 5.74) is 0. The Balaban J connectivity index is 2.20. The van der Waals surface area contributed by atoms with Crippen molar-refractivity contribution < 1.29 is 17.5 Å². The minimum absolute atomic E-state index is 0.0535. The third kappa shape index (κ3) is 4.79. The fourth-order valence-corrected chi connectivity index (χ4v) is 4.72. The third-order valence-electron chi connectivity index (χ3n) is 2.58. The van der Waals surface area contributed by atoms with Crippen molar-refractivity contribution in [2.75, 3.05) is 17.6 Å². The highest BCUT2D eigenvalue weighted by Gasteiger charge is 2.22. The van der Waals surface area contributed by atoms with Gasteiger partial charge in [0.1, 0.15) is 16.5 Å². The van der Waals surface area contributed by atoms with E-state index in [1.165, 1.54) is 24.9 Å². The van der Waals surface area contributed by atoms with Crippen LogP contribution >= 0.6 is 23.1 Å². The molecule has 0 aliphatic carbocycles. The van der Waals surface area contributed by atoms with Gasteiger partial charge in [-0.2, -0.15) is 0 Å². The minimum atomic E-state index is -4.01. The quantitative estimate of drug-likeness (QED) is 0.746. The Labute approximate surface area is 142 Å². The second-order valence-corrected chi connectivity index (χ2v) is 8.87. The van der Waals surface area contributed by atoms with Crippen molar-refractivity contribution in [2.24, 2.45) is 5.92 Å². The van der Waals surface area contributed by atoms with E-state index in [2.05, 4.69) is 28.8 Å². The number of halogens is 1. The molecule has 1 N–H and O–H groups in total. The lowest BCUT2D eigenvalue weighted by Gasteiger charge is -2.09. The molecule has 0 amide bonds. The van der Waals surface area contributed by atoms with Gasteiger partial charge in [-0.05, 0) is 24.1 Å². The first-order valence-corrected chi connectivity index (χ1v) is 9.93. The van der Waals surface area contributed by atoms with Crippen molar-refractivity contribution in [3.63, 3.8) is 0 Å². The highest BCUT2D eigenvalue weighted by atomic mass is 32.2. The van der Waals surface area contributed by atoms with Crippen LogP contribution in [0.3, 0.4) is 0 Å². The largest absolute Gasteiger partial charge is 0.495 e. The Morgan fingerprint density at radius 2 is 2.13 bits per heavy atom. The monoisotopic (exact) mass is 377 g/mol. The fourth-order valence-electron chi connectivity index (χ4n) is 1.58. The van der Waals surface area contributed by atoms with E-state index < -0.39 is 15.8 Å². The second kappa shape index (κ2) is 7.45. The number of hydrogen-bond donors (Lipinski definition) is 1. The van der Waals surface area contributed by atoms with Gasteiger partial charge in [-0.3, -0.25) is 4.72 Å². The van der Waals surface area contributed by atoms with Gasteiger partial charge < -0.3 is 4.74 Å². The minimum Gasteiger partial charge on any atom is -0.495 e. The Bertz CT molecular complexity index is 778. The molecule has 0 aliphatic rings. The average Bonchev–Trinajstić information content (AvgIpc) is 2.92. The summed E-state index contributed by atoms with van der Waals surface area (Å²) in [5.74, 6) is 0.731. The number of ether oxygens (including phenoxy) is 1. The molecule has 0 fully saturated rings. The molecular weight excluding hydrogens is 361 g/mol. The molecule has 0 saturated heterocycles. The van der Waals surface area contributed by atoms with Crippen molar-refractivity contribution in [1.29, 1.82) is 0 Å². The normalized spacial score (nSPS) is 11.7. The van der Waals surface area contributed by atoms with Crippen LogP contribution in [0.1, 0.15) is 13.8 Å². The molecule has 2 aromatic rings. The van der Waals surface area contributed by atoms with Gasteiger partial charge in [0.05, 0.1) is 7.11 Å². The molecule has 0 aliphatic heterocycles. The number of thioether (sulfide) groups is 1. The molecule has 23 heavy (non-hydrogen) atoms. The van der Waals surface area contributed by atoms with E-state index in [1.807, 2.05) is 0 Å². The zero-order chi connectivity index (χ0) is 17.0. The zero-order valence-electron chi connectivity index (χ0n) is 12.7. The molecule has 0 bridgehead atoms. The van der Waals surface area contributed by atoms with Crippen LogP contribution in [-0.2, 0) is 10.0 Å². The van der Waals surface area contributed by atoms with Crippen molar-refractivity contribution in [3.05, 3.63) is 24.0 Å². The van der Waals surface area contributed by atoms with Crippen LogP contribution < -0.4 is 9.46 Å². The Kier molecular flexibility index (Phi) is 5.82. The first-order valence-electron chi connectivity index (χ1n) is 6.64. The number of methoxy groups -OCH3 is 1. The number of nitrogens with one attached hydrogen (secondary N) is 1. The molecule has 10 heteroatoms. The van der Waals surface area contributed by atoms with Crippen LogP contribution in [0.2, 0.25) is 0 Å². The fraction of sp³-hybridized carbons (Fsp3) is 0.385. The van der Waals surface area contributed by atoms with Gasteiger partial charge in [0.2, 0.25) is 5.13 Å². The summed E-state index contributed by atoms with van der Waals surface area (Å²) in [5, 5.41) is 7.86. The molecule has 1 aromatic heterocycles. The predicted molar refractivity (Wildman–Crippen MR) is 89.2 cm³/mol. The van der Waals surface area contributed by atoms with Crippen molar-refractivity contribution in [1.82, 2.24) is 10.2 Å². The topological polar surface area (TPSA) is 81.2 Å². The van der Waals surface area contributed by atoms with E-state index in [-0.39, 0.29) is 15.8 Å². The standard InChI is InChI=1S/C13H16FN3O3S3/c1-8(2)7-21-13-16-15-12(22-13)17-23(18,19)11-6-9(14)4-5-10(11)20-3/h4-6,8H,7H2,1-3H3,(H,15,17). The van der Waals surface area contributed by atoms with Gasteiger partial charge in [-0.15, -0.1) is 10.2 Å². The smallest absolute Gasteiger partial charge is 0.267 e. The molecular formula is C13H16FN3O3S3. The maximum Gasteiger partial charge on any atom is 0.267 e. The Morgan fingerprint density at radius 1 is 1.39 bits per heavy atom. The molecule has 0 spiro atoms.